The van der Waals surface area contributed by atoms with Crippen LogP contribution in [0.5, 0.6) is 5.75 Å². The van der Waals surface area contributed by atoms with Gasteiger partial charge in [0.2, 0.25) is 0 Å². The van der Waals surface area contributed by atoms with Crippen LogP contribution in [-0.4, -0.2) is 7.11 Å². The van der Waals surface area contributed by atoms with Gasteiger partial charge in [0, 0.05) is 5.56 Å². The molecular formula is C16H15NO. The molecule has 0 heterocycles. The van der Waals surface area contributed by atoms with Crippen LogP contribution in [0, 0.1) is 11.3 Å². The average Bonchev–Trinajstić information content (AvgIpc) is 2.46. The van der Waals surface area contributed by atoms with Crippen LogP contribution in [0.2, 0.25) is 0 Å². The number of nitriles is 1. The third-order valence-electron chi connectivity index (χ3n) is 2.98. The van der Waals surface area contributed by atoms with E-state index in [1.54, 1.807) is 13.2 Å². The van der Waals surface area contributed by atoms with Gasteiger partial charge in [-0.25, -0.2) is 0 Å². The van der Waals surface area contributed by atoms with E-state index in [-0.39, 0.29) is 0 Å². The first kappa shape index (κ1) is 12.2. The van der Waals surface area contributed by atoms with Gasteiger partial charge in [-0.15, -0.1) is 0 Å². The second-order valence-corrected chi connectivity index (χ2v) is 4.08. The van der Waals surface area contributed by atoms with E-state index in [0.717, 1.165) is 23.3 Å². The van der Waals surface area contributed by atoms with Crippen molar-refractivity contribution in [1.82, 2.24) is 0 Å². The van der Waals surface area contributed by atoms with Gasteiger partial charge in [-0.1, -0.05) is 31.2 Å². The Kier molecular flexibility index (Phi) is 3.64. The van der Waals surface area contributed by atoms with E-state index in [0.29, 0.717) is 5.56 Å². The van der Waals surface area contributed by atoms with Crippen molar-refractivity contribution >= 4 is 0 Å². The molecule has 0 bridgehead atoms. The van der Waals surface area contributed by atoms with Gasteiger partial charge in [0.05, 0.1) is 18.7 Å². The number of methoxy groups -OCH3 is 1. The zero-order valence-corrected chi connectivity index (χ0v) is 10.6. The Morgan fingerprint density at radius 3 is 2.67 bits per heavy atom. The summed E-state index contributed by atoms with van der Waals surface area (Å²) in [5.74, 6) is 0.738. The van der Waals surface area contributed by atoms with Crippen LogP contribution in [0.3, 0.4) is 0 Å². The average molecular weight is 237 g/mol. The van der Waals surface area contributed by atoms with Gasteiger partial charge in [0.25, 0.3) is 0 Å². The highest BCUT2D eigenvalue weighted by molar-refractivity contribution is 5.72. The van der Waals surface area contributed by atoms with Gasteiger partial charge >= 0.3 is 0 Å². The molecule has 0 spiro atoms. The maximum absolute atomic E-state index is 8.90. The Morgan fingerprint density at radius 2 is 2.00 bits per heavy atom. The predicted octanol–water partition coefficient (Wildman–Crippen LogP) is 3.80. The van der Waals surface area contributed by atoms with E-state index in [1.165, 1.54) is 5.56 Å². The Bertz CT molecular complexity index is 596. The standard InChI is InChI=1S/C16H15NO/c1-3-12-5-4-6-14(9-12)15-8-7-13(11-17)10-16(15)18-2/h4-10H,3H2,1-2H3. The number of hydrogen-bond donors (Lipinski definition) is 0. The highest BCUT2D eigenvalue weighted by Gasteiger charge is 2.07. The molecule has 0 aliphatic carbocycles. The Hall–Kier alpha value is -2.27. The zero-order valence-electron chi connectivity index (χ0n) is 10.6. The molecule has 0 saturated heterocycles. The summed E-state index contributed by atoms with van der Waals surface area (Å²) < 4.78 is 5.36. The largest absolute Gasteiger partial charge is 0.496 e. The smallest absolute Gasteiger partial charge is 0.128 e. The normalized spacial score (nSPS) is 9.83. The first-order valence-corrected chi connectivity index (χ1v) is 5.96. The minimum Gasteiger partial charge on any atom is -0.496 e. The lowest BCUT2D eigenvalue weighted by molar-refractivity contribution is 0.416. The van der Waals surface area contributed by atoms with Crippen molar-refractivity contribution in [3.63, 3.8) is 0 Å². The molecule has 0 aliphatic heterocycles. The molecule has 0 radical (unpaired) electrons. The molecule has 2 aromatic rings. The van der Waals surface area contributed by atoms with Crippen molar-refractivity contribution < 1.29 is 4.74 Å². The summed E-state index contributed by atoms with van der Waals surface area (Å²) in [5, 5.41) is 8.90. The van der Waals surface area contributed by atoms with Crippen molar-refractivity contribution in [2.45, 2.75) is 13.3 Å². The molecule has 2 rings (SSSR count). The molecule has 0 amide bonds. The quantitative estimate of drug-likeness (QED) is 0.813. The van der Waals surface area contributed by atoms with Gasteiger partial charge in [0.15, 0.2) is 0 Å². The predicted molar refractivity (Wildman–Crippen MR) is 72.5 cm³/mol. The van der Waals surface area contributed by atoms with Crippen LogP contribution < -0.4 is 4.74 Å². The molecule has 0 unspecified atom stereocenters. The fourth-order valence-electron chi connectivity index (χ4n) is 1.96. The number of rotatable bonds is 3. The zero-order chi connectivity index (χ0) is 13.0. The minimum absolute atomic E-state index is 0.613. The number of nitrogens with zero attached hydrogens (tertiary/aromatic N) is 1. The van der Waals surface area contributed by atoms with E-state index in [1.807, 2.05) is 18.2 Å². The lowest BCUT2D eigenvalue weighted by Gasteiger charge is -2.10. The van der Waals surface area contributed by atoms with E-state index in [2.05, 4.69) is 31.2 Å². The third kappa shape index (κ3) is 2.36. The van der Waals surface area contributed by atoms with Gasteiger partial charge in [-0.2, -0.15) is 5.26 Å². The van der Waals surface area contributed by atoms with Crippen molar-refractivity contribution in [3.8, 4) is 22.9 Å². The fraction of sp³-hybridized carbons (Fsp3) is 0.188. The van der Waals surface area contributed by atoms with Crippen LogP contribution >= 0.6 is 0 Å². The summed E-state index contributed by atoms with van der Waals surface area (Å²) in [6.07, 6.45) is 1.01. The molecule has 2 aromatic carbocycles. The van der Waals surface area contributed by atoms with Crippen LogP contribution in [0.25, 0.3) is 11.1 Å². The summed E-state index contributed by atoms with van der Waals surface area (Å²) in [6, 6.07) is 16.0. The van der Waals surface area contributed by atoms with Gasteiger partial charge in [-0.3, -0.25) is 0 Å². The molecule has 90 valence electrons. The molecule has 0 aromatic heterocycles. The molecule has 0 saturated carbocycles. The van der Waals surface area contributed by atoms with Crippen LogP contribution in [0.1, 0.15) is 18.1 Å². The summed E-state index contributed by atoms with van der Waals surface area (Å²) in [4.78, 5) is 0. The lowest BCUT2D eigenvalue weighted by atomic mass is 10.00. The van der Waals surface area contributed by atoms with Crippen molar-refractivity contribution in [2.75, 3.05) is 7.11 Å². The Morgan fingerprint density at radius 1 is 1.17 bits per heavy atom. The molecule has 0 N–H and O–H groups in total. The van der Waals surface area contributed by atoms with Crippen molar-refractivity contribution in [2.24, 2.45) is 0 Å². The molecule has 0 atom stereocenters. The maximum atomic E-state index is 8.90. The Labute approximate surface area is 107 Å². The first-order chi connectivity index (χ1) is 8.78. The second-order valence-electron chi connectivity index (χ2n) is 4.08. The van der Waals surface area contributed by atoms with Crippen molar-refractivity contribution in [1.29, 1.82) is 5.26 Å². The van der Waals surface area contributed by atoms with Gasteiger partial charge in [0.1, 0.15) is 5.75 Å². The molecular weight excluding hydrogens is 222 g/mol. The van der Waals surface area contributed by atoms with Crippen LogP contribution in [-0.2, 0) is 6.42 Å². The van der Waals surface area contributed by atoms with E-state index < -0.39 is 0 Å². The first-order valence-electron chi connectivity index (χ1n) is 5.96. The van der Waals surface area contributed by atoms with Crippen LogP contribution in [0.15, 0.2) is 42.5 Å². The number of ether oxygens (including phenoxy) is 1. The van der Waals surface area contributed by atoms with Gasteiger partial charge < -0.3 is 4.74 Å². The third-order valence-corrected chi connectivity index (χ3v) is 2.98. The molecule has 0 aliphatic rings. The maximum Gasteiger partial charge on any atom is 0.128 e. The van der Waals surface area contributed by atoms with E-state index in [9.17, 15) is 0 Å². The number of aryl methyl sites for hydroxylation is 1. The molecule has 2 heteroatoms. The Balaban J connectivity index is 2.53. The summed E-state index contributed by atoms with van der Waals surface area (Å²) >= 11 is 0. The van der Waals surface area contributed by atoms with Crippen LogP contribution in [0.4, 0.5) is 0 Å². The second kappa shape index (κ2) is 5.37. The van der Waals surface area contributed by atoms with Crippen molar-refractivity contribution in [3.05, 3.63) is 53.6 Å². The minimum atomic E-state index is 0.613. The molecule has 2 nitrogen and oxygen atoms in total. The summed E-state index contributed by atoms with van der Waals surface area (Å²) in [7, 11) is 1.63. The fourth-order valence-corrected chi connectivity index (χ4v) is 1.96. The summed E-state index contributed by atoms with van der Waals surface area (Å²) in [5.41, 5.74) is 4.05. The molecule has 0 fully saturated rings. The highest BCUT2D eigenvalue weighted by Crippen LogP contribution is 2.31. The topological polar surface area (TPSA) is 33.0 Å². The van der Waals surface area contributed by atoms with E-state index in [4.69, 9.17) is 10.00 Å². The summed E-state index contributed by atoms with van der Waals surface area (Å²) in [6.45, 7) is 2.13. The number of hydrogen-bond acceptors (Lipinski definition) is 2. The van der Waals surface area contributed by atoms with Gasteiger partial charge in [-0.05, 0) is 35.7 Å². The number of benzene rings is 2. The SMILES string of the molecule is CCc1cccc(-c2ccc(C#N)cc2OC)c1. The lowest BCUT2D eigenvalue weighted by Crippen LogP contribution is -1.90. The van der Waals surface area contributed by atoms with E-state index >= 15 is 0 Å². The monoisotopic (exact) mass is 237 g/mol. The molecule has 18 heavy (non-hydrogen) atoms. The highest BCUT2D eigenvalue weighted by atomic mass is 16.5.